The standard InChI is InChI=1S/C30H34F4N2O4/c1-18-16-36(10-8-26(18)20-3-2-4-21(13-20)27(37)38)25-7-9-29(40-17-25,22-5-6-22)28(39)35-15-19-11-23(30(32,33)34)14-24(31)12-19/h2-4,11-14,18,22,25-26H,5-10,15-17H2,1H3,(H,35,39)(H,37,38)/t18?,25-,26+,29+/m1/s1. The molecule has 3 aliphatic rings. The lowest BCUT2D eigenvalue weighted by Gasteiger charge is -2.46. The van der Waals surface area contributed by atoms with E-state index in [-0.39, 0.29) is 35.9 Å². The number of likely N-dealkylation sites (tertiary alicyclic amines) is 1. The second kappa shape index (κ2) is 11.1. The first kappa shape index (κ1) is 28.5. The summed E-state index contributed by atoms with van der Waals surface area (Å²) in [5.41, 5.74) is -0.723. The number of ether oxygens (including phenoxy) is 1. The number of carbonyl (C=O) groups excluding carboxylic acids is 1. The topological polar surface area (TPSA) is 78.9 Å². The number of piperidine rings is 1. The minimum atomic E-state index is -4.67. The van der Waals surface area contributed by atoms with Crippen molar-refractivity contribution in [3.8, 4) is 0 Å². The van der Waals surface area contributed by atoms with E-state index in [1.807, 2.05) is 6.07 Å². The van der Waals surface area contributed by atoms with Gasteiger partial charge in [-0.05, 0) is 97.9 Å². The number of carboxylic acid groups (broad SMARTS) is 1. The second-order valence-corrected chi connectivity index (χ2v) is 11.5. The van der Waals surface area contributed by atoms with Gasteiger partial charge in [0, 0.05) is 19.1 Å². The average molecular weight is 563 g/mol. The SMILES string of the molecule is CC1CN([C@@H]2CC[C@@](C(=O)NCc3cc(F)cc(C(F)(F)F)c3)(C3CC3)OC2)CC[C@@H]1c1cccc(C(=O)O)c1. The molecule has 1 aliphatic carbocycles. The zero-order valence-corrected chi connectivity index (χ0v) is 22.3. The molecular formula is C30H34F4N2O4. The van der Waals surface area contributed by atoms with Crippen molar-refractivity contribution in [2.24, 2.45) is 11.8 Å². The number of benzene rings is 2. The van der Waals surface area contributed by atoms with E-state index in [2.05, 4.69) is 17.1 Å². The summed E-state index contributed by atoms with van der Waals surface area (Å²) in [5, 5.41) is 12.1. The number of carboxylic acids is 1. The van der Waals surface area contributed by atoms with Crippen LogP contribution in [0, 0.1) is 17.7 Å². The van der Waals surface area contributed by atoms with Gasteiger partial charge in [-0.1, -0.05) is 19.1 Å². The van der Waals surface area contributed by atoms with Gasteiger partial charge < -0.3 is 15.2 Å². The number of carbonyl (C=O) groups is 2. The van der Waals surface area contributed by atoms with Crippen LogP contribution in [0.15, 0.2) is 42.5 Å². The van der Waals surface area contributed by atoms with E-state index in [0.29, 0.717) is 30.6 Å². The third-order valence-corrected chi connectivity index (χ3v) is 8.76. The monoisotopic (exact) mass is 562 g/mol. The average Bonchev–Trinajstić information content (AvgIpc) is 3.77. The number of rotatable bonds is 7. The van der Waals surface area contributed by atoms with Crippen LogP contribution in [0.5, 0.6) is 0 Å². The van der Waals surface area contributed by atoms with Crippen LogP contribution in [0.3, 0.4) is 0 Å². The Bertz CT molecular complexity index is 1250. The van der Waals surface area contributed by atoms with Gasteiger partial charge in [-0.3, -0.25) is 9.69 Å². The molecule has 216 valence electrons. The summed E-state index contributed by atoms with van der Waals surface area (Å²) in [5.74, 6) is -1.65. The number of alkyl halides is 3. The Labute approximate surface area is 230 Å². The van der Waals surface area contributed by atoms with Gasteiger partial charge >= 0.3 is 12.1 Å². The number of hydrogen-bond acceptors (Lipinski definition) is 4. The van der Waals surface area contributed by atoms with Crippen LogP contribution in [-0.2, 0) is 22.3 Å². The molecule has 2 aliphatic heterocycles. The number of amides is 1. The zero-order chi connectivity index (χ0) is 28.7. The van der Waals surface area contributed by atoms with Gasteiger partial charge in [-0.2, -0.15) is 13.2 Å². The third-order valence-electron chi connectivity index (χ3n) is 8.76. The van der Waals surface area contributed by atoms with E-state index in [1.54, 1.807) is 18.2 Å². The van der Waals surface area contributed by atoms with Crippen LogP contribution < -0.4 is 5.32 Å². The van der Waals surface area contributed by atoms with E-state index in [9.17, 15) is 32.3 Å². The Morgan fingerprint density at radius 1 is 1.12 bits per heavy atom. The summed E-state index contributed by atoms with van der Waals surface area (Å²) in [6, 6.07) is 9.59. The van der Waals surface area contributed by atoms with Crippen molar-refractivity contribution in [3.63, 3.8) is 0 Å². The second-order valence-electron chi connectivity index (χ2n) is 11.5. The molecule has 2 N–H and O–H groups in total. The minimum absolute atomic E-state index is 0.0473. The molecule has 1 unspecified atom stereocenters. The van der Waals surface area contributed by atoms with Gasteiger partial charge in [0.25, 0.3) is 5.91 Å². The molecule has 2 heterocycles. The fourth-order valence-corrected chi connectivity index (χ4v) is 6.46. The molecule has 3 fully saturated rings. The van der Waals surface area contributed by atoms with Crippen molar-refractivity contribution in [2.45, 2.75) is 69.3 Å². The van der Waals surface area contributed by atoms with Crippen LogP contribution in [-0.4, -0.2) is 53.2 Å². The number of hydrogen-bond donors (Lipinski definition) is 2. The quantitative estimate of drug-likeness (QED) is 0.429. The van der Waals surface area contributed by atoms with Gasteiger partial charge in [0.2, 0.25) is 0 Å². The lowest BCUT2D eigenvalue weighted by Crippen LogP contribution is -2.57. The lowest BCUT2D eigenvalue weighted by molar-refractivity contribution is -0.166. The number of aromatic carboxylic acids is 1. The fraction of sp³-hybridized carbons (Fsp3) is 0.533. The molecule has 0 bridgehead atoms. The molecule has 0 spiro atoms. The first-order valence-electron chi connectivity index (χ1n) is 13.8. The molecule has 6 nitrogen and oxygen atoms in total. The van der Waals surface area contributed by atoms with Crippen molar-refractivity contribution >= 4 is 11.9 Å². The van der Waals surface area contributed by atoms with E-state index >= 15 is 0 Å². The van der Waals surface area contributed by atoms with E-state index in [4.69, 9.17) is 4.74 Å². The van der Waals surface area contributed by atoms with E-state index < -0.39 is 29.1 Å². The van der Waals surface area contributed by atoms with Crippen LogP contribution in [0.1, 0.15) is 72.0 Å². The minimum Gasteiger partial charge on any atom is -0.478 e. The van der Waals surface area contributed by atoms with Crippen LogP contribution in [0.2, 0.25) is 0 Å². The number of nitrogens with one attached hydrogen (secondary N) is 1. The van der Waals surface area contributed by atoms with Crippen molar-refractivity contribution in [3.05, 3.63) is 70.5 Å². The van der Waals surface area contributed by atoms with Crippen LogP contribution in [0.4, 0.5) is 17.6 Å². The molecule has 1 saturated carbocycles. The number of halogens is 4. The third kappa shape index (κ3) is 6.02. The molecule has 5 rings (SSSR count). The molecule has 10 heteroatoms. The molecule has 1 amide bonds. The first-order chi connectivity index (χ1) is 19.0. The Morgan fingerprint density at radius 2 is 1.90 bits per heavy atom. The normalized spacial score (nSPS) is 27.8. The van der Waals surface area contributed by atoms with Gasteiger partial charge in [0.05, 0.1) is 17.7 Å². The largest absolute Gasteiger partial charge is 0.478 e. The van der Waals surface area contributed by atoms with Crippen molar-refractivity contribution in [1.29, 1.82) is 0 Å². The highest BCUT2D eigenvalue weighted by molar-refractivity contribution is 5.87. The lowest BCUT2D eigenvalue weighted by atomic mass is 9.79. The van der Waals surface area contributed by atoms with Crippen molar-refractivity contribution in [2.75, 3.05) is 19.7 Å². The molecule has 0 radical (unpaired) electrons. The summed E-state index contributed by atoms with van der Waals surface area (Å²) < 4.78 is 59.4. The molecule has 2 aromatic rings. The van der Waals surface area contributed by atoms with Gasteiger partial charge in [0.15, 0.2) is 0 Å². The highest BCUT2D eigenvalue weighted by Gasteiger charge is 2.54. The Kier molecular flexibility index (Phi) is 7.94. The smallest absolute Gasteiger partial charge is 0.416 e. The van der Waals surface area contributed by atoms with Gasteiger partial charge in [-0.15, -0.1) is 0 Å². The van der Waals surface area contributed by atoms with Gasteiger partial charge in [0.1, 0.15) is 11.4 Å². The first-order valence-corrected chi connectivity index (χ1v) is 13.8. The predicted octanol–water partition coefficient (Wildman–Crippen LogP) is 5.61. The molecule has 2 saturated heterocycles. The van der Waals surface area contributed by atoms with Crippen LogP contribution in [0.25, 0.3) is 0 Å². The van der Waals surface area contributed by atoms with Crippen molar-refractivity contribution in [1.82, 2.24) is 10.2 Å². The summed E-state index contributed by atoms with van der Waals surface area (Å²) in [4.78, 5) is 27.1. The maximum Gasteiger partial charge on any atom is 0.416 e. The zero-order valence-electron chi connectivity index (χ0n) is 22.3. The molecule has 0 aromatic heterocycles. The van der Waals surface area contributed by atoms with Gasteiger partial charge in [-0.25, -0.2) is 9.18 Å². The molecule has 4 atom stereocenters. The van der Waals surface area contributed by atoms with Crippen LogP contribution >= 0.6 is 0 Å². The highest BCUT2D eigenvalue weighted by atomic mass is 19.4. The van der Waals surface area contributed by atoms with E-state index in [0.717, 1.165) is 56.5 Å². The Balaban J connectivity index is 1.19. The van der Waals surface area contributed by atoms with Crippen molar-refractivity contribution < 1.29 is 37.0 Å². The summed E-state index contributed by atoms with van der Waals surface area (Å²) >= 11 is 0. The summed E-state index contributed by atoms with van der Waals surface area (Å²) in [6.07, 6.45) is -0.801. The Hall–Kier alpha value is -2.98. The maximum absolute atomic E-state index is 13.8. The molecular weight excluding hydrogens is 528 g/mol. The Morgan fingerprint density at radius 3 is 2.52 bits per heavy atom. The fourth-order valence-electron chi connectivity index (χ4n) is 6.46. The maximum atomic E-state index is 13.8. The predicted molar refractivity (Wildman–Crippen MR) is 139 cm³/mol. The molecule has 40 heavy (non-hydrogen) atoms. The summed E-state index contributed by atoms with van der Waals surface area (Å²) in [7, 11) is 0. The number of nitrogens with zero attached hydrogens (tertiary/aromatic N) is 1. The summed E-state index contributed by atoms with van der Waals surface area (Å²) in [6.45, 7) is 4.01. The molecule has 2 aromatic carbocycles. The van der Waals surface area contributed by atoms with E-state index in [1.165, 1.54) is 0 Å². The highest BCUT2D eigenvalue weighted by Crippen LogP contribution is 2.47.